The normalized spacial score (nSPS) is 21.0. The Hall–Kier alpha value is -3.53. The van der Waals surface area contributed by atoms with Gasteiger partial charge in [0.15, 0.2) is 0 Å². The number of amides is 3. The van der Waals surface area contributed by atoms with Crippen molar-refractivity contribution in [2.45, 2.75) is 37.9 Å². The highest BCUT2D eigenvalue weighted by molar-refractivity contribution is 6.05. The number of carbonyl (C=O) groups is 3. The number of piperidine rings is 1. The van der Waals surface area contributed by atoms with Gasteiger partial charge in [0, 0.05) is 50.1 Å². The van der Waals surface area contributed by atoms with Gasteiger partial charge in [0.1, 0.15) is 17.7 Å². The van der Waals surface area contributed by atoms with Crippen molar-refractivity contribution in [3.05, 3.63) is 57.1 Å². The molecule has 5 rings (SSSR count). The van der Waals surface area contributed by atoms with Crippen molar-refractivity contribution in [1.82, 2.24) is 25.5 Å². The van der Waals surface area contributed by atoms with Crippen LogP contribution in [0.2, 0.25) is 0 Å². The number of imide groups is 1. The van der Waals surface area contributed by atoms with Crippen molar-refractivity contribution in [2.24, 2.45) is 0 Å². The summed E-state index contributed by atoms with van der Waals surface area (Å²) in [5.74, 6) is 0.485. The number of aromatic nitrogens is 2. The van der Waals surface area contributed by atoms with Crippen LogP contribution in [0.3, 0.4) is 0 Å². The molecule has 1 aromatic carbocycles. The summed E-state index contributed by atoms with van der Waals surface area (Å²) in [6, 6.07) is 6.34. The molecule has 4 heterocycles. The van der Waals surface area contributed by atoms with E-state index in [4.69, 9.17) is 0 Å². The van der Waals surface area contributed by atoms with E-state index in [-0.39, 0.29) is 29.7 Å². The molecule has 0 saturated carbocycles. The number of fused-ring (bicyclic) bond motifs is 1. The summed E-state index contributed by atoms with van der Waals surface area (Å²) in [7, 11) is 0. The summed E-state index contributed by atoms with van der Waals surface area (Å²) >= 11 is 0. The minimum absolute atomic E-state index is 0.195. The Bertz CT molecular complexity index is 1140. The number of rotatable bonds is 5. The van der Waals surface area contributed by atoms with E-state index in [1.165, 1.54) is 11.0 Å². The van der Waals surface area contributed by atoms with Crippen LogP contribution in [0, 0.1) is 0 Å². The van der Waals surface area contributed by atoms with Gasteiger partial charge < -0.3 is 20.5 Å². The molecule has 31 heavy (non-hydrogen) atoms. The van der Waals surface area contributed by atoms with Crippen LogP contribution in [0.25, 0.3) is 0 Å². The predicted octanol–water partition coefficient (Wildman–Crippen LogP) is -0.170. The van der Waals surface area contributed by atoms with Crippen molar-refractivity contribution < 1.29 is 14.4 Å². The summed E-state index contributed by atoms with van der Waals surface area (Å²) in [4.78, 5) is 57.1. The van der Waals surface area contributed by atoms with Gasteiger partial charge in [0.25, 0.3) is 11.5 Å². The molecule has 1 unspecified atom stereocenters. The molecule has 0 aliphatic carbocycles. The van der Waals surface area contributed by atoms with Crippen molar-refractivity contribution in [3.8, 4) is 0 Å². The number of nitrogens with one attached hydrogen (secondary N) is 4. The molecule has 10 nitrogen and oxygen atoms in total. The van der Waals surface area contributed by atoms with E-state index in [2.05, 4.69) is 25.9 Å². The summed E-state index contributed by atoms with van der Waals surface area (Å²) in [5.41, 5.74) is 2.15. The highest BCUT2D eigenvalue weighted by Gasteiger charge is 2.39. The fourth-order valence-electron chi connectivity index (χ4n) is 4.17. The van der Waals surface area contributed by atoms with Gasteiger partial charge in [-0.2, -0.15) is 0 Å². The molecule has 3 aliphatic rings. The molecule has 1 atom stereocenters. The molecule has 2 saturated heterocycles. The van der Waals surface area contributed by atoms with Crippen LogP contribution in [0.1, 0.15) is 46.1 Å². The Kier molecular flexibility index (Phi) is 4.78. The van der Waals surface area contributed by atoms with E-state index >= 15 is 0 Å². The van der Waals surface area contributed by atoms with Crippen LogP contribution in [-0.2, 0) is 22.7 Å². The fraction of sp³-hybridized carbons (Fsp3) is 0.381. The maximum atomic E-state index is 12.8. The van der Waals surface area contributed by atoms with E-state index in [0.29, 0.717) is 36.7 Å². The van der Waals surface area contributed by atoms with Gasteiger partial charge in [-0.05, 0) is 23.6 Å². The Labute approximate surface area is 177 Å². The Morgan fingerprint density at radius 2 is 1.97 bits per heavy atom. The maximum Gasteiger partial charge on any atom is 0.255 e. The lowest BCUT2D eigenvalue weighted by Gasteiger charge is -2.29. The minimum atomic E-state index is -0.626. The summed E-state index contributed by atoms with van der Waals surface area (Å²) in [6.07, 6.45) is 0.569. The molecule has 1 aromatic heterocycles. The first-order valence-corrected chi connectivity index (χ1v) is 10.3. The predicted molar refractivity (Wildman–Crippen MR) is 110 cm³/mol. The van der Waals surface area contributed by atoms with Gasteiger partial charge >= 0.3 is 0 Å². The lowest BCUT2D eigenvalue weighted by Crippen LogP contribution is -2.52. The number of aromatic amines is 1. The fourth-order valence-corrected chi connectivity index (χ4v) is 4.17. The Morgan fingerprint density at radius 1 is 1.13 bits per heavy atom. The third kappa shape index (κ3) is 3.70. The highest BCUT2D eigenvalue weighted by Crippen LogP contribution is 2.28. The first-order valence-electron chi connectivity index (χ1n) is 10.3. The topological polar surface area (TPSA) is 136 Å². The van der Waals surface area contributed by atoms with Crippen molar-refractivity contribution >= 4 is 23.5 Å². The summed E-state index contributed by atoms with van der Waals surface area (Å²) in [6.45, 7) is 2.37. The van der Waals surface area contributed by atoms with Crippen molar-refractivity contribution in [3.63, 3.8) is 0 Å². The quantitative estimate of drug-likeness (QED) is 0.491. The molecule has 160 valence electrons. The number of benzene rings is 1. The van der Waals surface area contributed by atoms with Crippen LogP contribution in [0.5, 0.6) is 0 Å². The number of nitrogens with zero attached hydrogens (tertiary/aromatic N) is 2. The van der Waals surface area contributed by atoms with Crippen molar-refractivity contribution in [2.75, 3.05) is 18.4 Å². The zero-order chi connectivity index (χ0) is 21.5. The lowest BCUT2D eigenvalue weighted by molar-refractivity contribution is -0.136. The van der Waals surface area contributed by atoms with Gasteiger partial charge in [0.05, 0.1) is 0 Å². The zero-order valence-corrected chi connectivity index (χ0v) is 16.7. The van der Waals surface area contributed by atoms with E-state index in [0.717, 1.165) is 24.2 Å². The number of carbonyl (C=O) groups excluding carboxylic acids is 3. The van der Waals surface area contributed by atoms with Crippen LogP contribution in [-0.4, -0.2) is 51.7 Å². The van der Waals surface area contributed by atoms with E-state index in [1.54, 1.807) is 6.07 Å². The molecule has 0 spiro atoms. The summed E-state index contributed by atoms with van der Waals surface area (Å²) < 4.78 is 0. The van der Waals surface area contributed by atoms with Gasteiger partial charge in [-0.25, -0.2) is 4.98 Å². The number of anilines is 1. The molecule has 3 amide bonds. The van der Waals surface area contributed by atoms with Crippen LogP contribution >= 0.6 is 0 Å². The molecular weight excluding hydrogens is 400 g/mol. The molecular formula is C21H22N6O4. The smallest absolute Gasteiger partial charge is 0.255 e. The third-order valence-corrected chi connectivity index (χ3v) is 5.99. The first-order chi connectivity index (χ1) is 15.0. The first kappa shape index (κ1) is 19.4. The average molecular weight is 422 g/mol. The lowest BCUT2D eigenvalue weighted by atomic mass is 10.0. The van der Waals surface area contributed by atoms with Gasteiger partial charge in [-0.15, -0.1) is 0 Å². The van der Waals surface area contributed by atoms with E-state index in [9.17, 15) is 19.2 Å². The molecule has 4 N–H and O–H groups in total. The molecule has 0 radical (unpaired) electrons. The average Bonchev–Trinajstić information content (AvgIpc) is 3.00. The Morgan fingerprint density at radius 3 is 2.71 bits per heavy atom. The summed E-state index contributed by atoms with van der Waals surface area (Å²) in [5, 5.41) is 8.65. The zero-order valence-electron chi connectivity index (χ0n) is 16.7. The monoisotopic (exact) mass is 422 g/mol. The van der Waals surface area contributed by atoms with Gasteiger partial charge in [-0.1, -0.05) is 12.1 Å². The second kappa shape index (κ2) is 7.62. The Balaban J connectivity index is 1.28. The molecule has 10 heteroatoms. The molecule has 0 bridgehead atoms. The second-order valence-corrected chi connectivity index (χ2v) is 8.12. The maximum absolute atomic E-state index is 12.8. The number of hydrogen-bond acceptors (Lipinski definition) is 7. The second-order valence-electron chi connectivity index (χ2n) is 8.12. The van der Waals surface area contributed by atoms with Gasteiger partial charge in [0.2, 0.25) is 11.8 Å². The number of H-pyrrole nitrogens is 1. The minimum Gasteiger partial charge on any atom is -0.366 e. The van der Waals surface area contributed by atoms with Crippen LogP contribution < -0.4 is 21.5 Å². The standard InChI is InChI=1S/C21H22N6O4/c28-17-4-3-15(20(30)26-17)27-10-12-5-11(1-2-14(12)21(27)31)7-23-16-6-18(29)25-19(24-16)13-8-22-9-13/h1-2,5-6,13,15,22H,3-4,7-10H2,(H,26,28,30)(H2,23,24,25,29). The molecule has 2 fully saturated rings. The highest BCUT2D eigenvalue weighted by atomic mass is 16.2. The van der Waals surface area contributed by atoms with Crippen molar-refractivity contribution in [1.29, 1.82) is 0 Å². The van der Waals surface area contributed by atoms with Crippen LogP contribution in [0.15, 0.2) is 29.1 Å². The molecule has 2 aromatic rings. The SMILES string of the molecule is O=C1CCC(N2Cc3cc(CNc4cc(=O)[nH]c(C5CNC5)n4)ccc3C2=O)C(=O)N1. The van der Waals surface area contributed by atoms with E-state index < -0.39 is 11.9 Å². The molecule has 3 aliphatic heterocycles. The largest absolute Gasteiger partial charge is 0.366 e. The van der Waals surface area contributed by atoms with Crippen LogP contribution in [0.4, 0.5) is 5.82 Å². The van der Waals surface area contributed by atoms with E-state index in [1.807, 2.05) is 12.1 Å². The number of hydrogen-bond donors (Lipinski definition) is 4. The third-order valence-electron chi connectivity index (χ3n) is 5.99. The van der Waals surface area contributed by atoms with Gasteiger partial charge in [-0.3, -0.25) is 24.5 Å².